The summed E-state index contributed by atoms with van der Waals surface area (Å²) in [7, 11) is 0. The van der Waals surface area contributed by atoms with Gasteiger partial charge in [-0.25, -0.2) is 0 Å². The van der Waals surface area contributed by atoms with Crippen molar-refractivity contribution < 1.29 is 14.7 Å². The van der Waals surface area contributed by atoms with E-state index in [2.05, 4.69) is 11.4 Å². The molecule has 106 valence electrons. The van der Waals surface area contributed by atoms with Gasteiger partial charge in [-0.15, -0.1) is 11.8 Å². The van der Waals surface area contributed by atoms with E-state index in [1.165, 1.54) is 0 Å². The topological polar surface area (TPSA) is 90.2 Å². The van der Waals surface area contributed by atoms with Gasteiger partial charge in [0.15, 0.2) is 0 Å². The normalized spacial score (nSPS) is 19.2. The van der Waals surface area contributed by atoms with Gasteiger partial charge in [-0.1, -0.05) is 26.2 Å². The molecule has 0 bridgehead atoms. The van der Waals surface area contributed by atoms with Gasteiger partial charge >= 0.3 is 5.97 Å². The van der Waals surface area contributed by atoms with Crippen LogP contribution in [0.5, 0.6) is 0 Å². The zero-order chi connectivity index (χ0) is 14.3. The van der Waals surface area contributed by atoms with Gasteiger partial charge in [0.1, 0.15) is 10.8 Å². The predicted octanol–water partition coefficient (Wildman–Crippen LogP) is 1.93. The second-order valence-electron chi connectivity index (χ2n) is 4.85. The number of carbonyl (C=O) groups is 2. The highest BCUT2D eigenvalue weighted by Gasteiger charge is 2.33. The van der Waals surface area contributed by atoms with E-state index < -0.39 is 16.8 Å². The molecule has 1 fully saturated rings. The van der Waals surface area contributed by atoms with Crippen molar-refractivity contribution in [2.24, 2.45) is 0 Å². The lowest BCUT2D eigenvalue weighted by Crippen LogP contribution is -2.49. The summed E-state index contributed by atoms with van der Waals surface area (Å²) in [5, 5.41) is 20.4. The van der Waals surface area contributed by atoms with Crippen molar-refractivity contribution in [2.45, 2.75) is 56.2 Å². The van der Waals surface area contributed by atoms with Gasteiger partial charge in [0, 0.05) is 0 Å². The maximum absolute atomic E-state index is 11.8. The number of amides is 1. The van der Waals surface area contributed by atoms with Gasteiger partial charge in [-0.05, 0) is 19.3 Å². The number of nitriles is 1. The second-order valence-corrected chi connectivity index (χ2v) is 6.04. The van der Waals surface area contributed by atoms with Crippen LogP contribution in [0.4, 0.5) is 0 Å². The largest absolute Gasteiger partial charge is 0.480 e. The summed E-state index contributed by atoms with van der Waals surface area (Å²) >= 11 is 1.11. The van der Waals surface area contributed by atoms with E-state index in [9.17, 15) is 14.9 Å². The highest BCUT2D eigenvalue weighted by atomic mass is 32.2. The Kier molecular flexibility index (Phi) is 6.16. The van der Waals surface area contributed by atoms with Crippen LogP contribution in [-0.4, -0.2) is 33.5 Å². The summed E-state index contributed by atoms with van der Waals surface area (Å²) < 4.78 is 0. The molecule has 5 nitrogen and oxygen atoms in total. The zero-order valence-electron chi connectivity index (χ0n) is 11.1. The van der Waals surface area contributed by atoms with Crippen molar-refractivity contribution in [3.63, 3.8) is 0 Å². The van der Waals surface area contributed by atoms with Gasteiger partial charge < -0.3 is 10.4 Å². The Bertz CT molecular complexity index is 373. The van der Waals surface area contributed by atoms with Crippen LogP contribution in [0.2, 0.25) is 0 Å². The number of hydrogen-bond acceptors (Lipinski definition) is 4. The Morgan fingerprint density at radius 2 is 2.05 bits per heavy atom. The van der Waals surface area contributed by atoms with Crippen LogP contribution in [0.25, 0.3) is 0 Å². The molecule has 0 aromatic rings. The first-order valence-electron chi connectivity index (χ1n) is 6.59. The van der Waals surface area contributed by atoms with Crippen molar-refractivity contribution in [1.82, 2.24) is 5.32 Å². The fourth-order valence-electron chi connectivity index (χ4n) is 2.26. The van der Waals surface area contributed by atoms with Gasteiger partial charge in [0.2, 0.25) is 5.91 Å². The third-order valence-corrected chi connectivity index (χ3v) is 4.73. The Morgan fingerprint density at radius 1 is 1.42 bits per heavy atom. The number of rotatable bonds is 6. The van der Waals surface area contributed by atoms with Crippen molar-refractivity contribution in [2.75, 3.05) is 5.75 Å². The second kappa shape index (κ2) is 7.39. The van der Waals surface area contributed by atoms with E-state index in [1.54, 1.807) is 6.92 Å². The average Bonchev–Trinajstić information content (AvgIpc) is 2.40. The molecule has 6 heteroatoms. The molecule has 1 saturated carbocycles. The monoisotopic (exact) mass is 284 g/mol. The van der Waals surface area contributed by atoms with Crippen LogP contribution in [-0.2, 0) is 9.59 Å². The number of carboxylic acid groups (broad SMARTS) is 1. The minimum Gasteiger partial charge on any atom is -0.480 e. The first kappa shape index (κ1) is 15.8. The molecular weight excluding hydrogens is 264 g/mol. The lowest BCUT2D eigenvalue weighted by molar-refractivity contribution is -0.136. The Morgan fingerprint density at radius 3 is 2.53 bits per heavy atom. The number of nitrogens with one attached hydrogen (secondary N) is 1. The Labute approximate surface area is 117 Å². The SMILES string of the molecule is CCC(SCC(=O)NC1(C#N)CCCCC1)C(=O)O. The third kappa shape index (κ3) is 4.75. The van der Waals surface area contributed by atoms with Gasteiger partial charge in [0.05, 0.1) is 11.8 Å². The minimum absolute atomic E-state index is 0.0915. The zero-order valence-corrected chi connectivity index (χ0v) is 12.0. The van der Waals surface area contributed by atoms with Gasteiger partial charge in [-0.2, -0.15) is 5.26 Å². The van der Waals surface area contributed by atoms with E-state index in [4.69, 9.17) is 5.11 Å². The Balaban J connectivity index is 2.46. The predicted molar refractivity (Wildman–Crippen MR) is 73.7 cm³/mol. The molecule has 0 aliphatic heterocycles. The maximum atomic E-state index is 11.8. The third-order valence-electron chi connectivity index (χ3n) is 3.36. The molecule has 1 atom stereocenters. The highest BCUT2D eigenvalue weighted by molar-refractivity contribution is 8.01. The number of carbonyl (C=O) groups excluding carboxylic acids is 1. The summed E-state index contributed by atoms with van der Waals surface area (Å²) in [5.41, 5.74) is -0.735. The van der Waals surface area contributed by atoms with E-state index in [0.717, 1.165) is 31.0 Å². The number of nitrogens with zero attached hydrogens (tertiary/aromatic N) is 1. The van der Waals surface area contributed by atoms with E-state index >= 15 is 0 Å². The fraction of sp³-hybridized carbons (Fsp3) is 0.769. The number of aliphatic carboxylic acids is 1. The van der Waals surface area contributed by atoms with Crippen molar-refractivity contribution in [1.29, 1.82) is 5.26 Å². The van der Waals surface area contributed by atoms with Crippen LogP contribution in [0.3, 0.4) is 0 Å². The molecule has 2 N–H and O–H groups in total. The number of thioether (sulfide) groups is 1. The molecule has 0 radical (unpaired) electrons. The molecule has 0 saturated heterocycles. The molecule has 19 heavy (non-hydrogen) atoms. The smallest absolute Gasteiger partial charge is 0.316 e. The molecule has 0 aromatic carbocycles. The number of hydrogen-bond donors (Lipinski definition) is 2. The van der Waals surface area contributed by atoms with Crippen LogP contribution >= 0.6 is 11.8 Å². The summed E-state index contributed by atoms with van der Waals surface area (Å²) in [6.45, 7) is 1.78. The van der Waals surface area contributed by atoms with Crippen molar-refractivity contribution in [3.8, 4) is 6.07 Å². The summed E-state index contributed by atoms with van der Waals surface area (Å²) in [5.74, 6) is -1.05. The van der Waals surface area contributed by atoms with Gasteiger partial charge in [-0.3, -0.25) is 9.59 Å². The first-order valence-corrected chi connectivity index (χ1v) is 7.64. The maximum Gasteiger partial charge on any atom is 0.316 e. The lowest BCUT2D eigenvalue weighted by atomic mass is 9.83. The molecule has 1 amide bonds. The number of carboxylic acids is 1. The van der Waals surface area contributed by atoms with Crippen LogP contribution in [0.1, 0.15) is 45.4 Å². The Hall–Kier alpha value is -1.22. The standard InChI is InChI=1S/C13H20N2O3S/c1-2-10(12(17)18)19-8-11(16)15-13(9-14)6-4-3-5-7-13/h10H,2-8H2,1H3,(H,15,16)(H,17,18). The lowest BCUT2D eigenvalue weighted by Gasteiger charge is -2.31. The molecule has 1 aliphatic rings. The van der Waals surface area contributed by atoms with Crippen molar-refractivity contribution in [3.05, 3.63) is 0 Å². The highest BCUT2D eigenvalue weighted by Crippen LogP contribution is 2.27. The summed E-state index contributed by atoms with van der Waals surface area (Å²) in [4.78, 5) is 22.7. The molecule has 0 spiro atoms. The summed E-state index contributed by atoms with van der Waals surface area (Å²) in [6.07, 6.45) is 4.87. The van der Waals surface area contributed by atoms with Crippen LogP contribution in [0.15, 0.2) is 0 Å². The quantitative estimate of drug-likeness (QED) is 0.777. The minimum atomic E-state index is -0.895. The molecule has 1 rings (SSSR count). The van der Waals surface area contributed by atoms with E-state index in [1.807, 2.05) is 0 Å². The van der Waals surface area contributed by atoms with Crippen LogP contribution in [0, 0.1) is 11.3 Å². The van der Waals surface area contributed by atoms with Crippen LogP contribution < -0.4 is 5.32 Å². The molecular formula is C13H20N2O3S. The van der Waals surface area contributed by atoms with Gasteiger partial charge in [0.25, 0.3) is 0 Å². The van der Waals surface area contributed by atoms with E-state index in [0.29, 0.717) is 19.3 Å². The first-order chi connectivity index (χ1) is 9.03. The molecule has 1 unspecified atom stereocenters. The summed E-state index contributed by atoms with van der Waals surface area (Å²) in [6, 6.07) is 2.22. The fourth-order valence-corrected chi connectivity index (χ4v) is 3.07. The molecule has 1 aliphatic carbocycles. The van der Waals surface area contributed by atoms with E-state index in [-0.39, 0.29) is 11.7 Å². The molecule has 0 heterocycles. The average molecular weight is 284 g/mol. The van der Waals surface area contributed by atoms with Crippen molar-refractivity contribution >= 4 is 23.6 Å². The molecule has 0 aromatic heterocycles.